The molecule has 156 valence electrons. The van der Waals surface area contributed by atoms with Gasteiger partial charge in [-0.15, -0.1) is 0 Å². The van der Waals surface area contributed by atoms with Gasteiger partial charge in [-0.3, -0.25) is 9.59 Å². The molecule has 2 amide bonds. The van der Waals surface area contributed by atoms with E-state index in [0.29, 0.717) is 11.8 Å². The van der Waals surface area contributed by atoms with Gasteiger partial charge >= 0.3 is 0 Å². The summed E-state index contributed by atoms with van der Waals surface area (Å²) >= 11 is 6.22. The maximum Gasteiger partial charge on any atom is 0.256 e. The van der Waals surface area contributed by atoms with E-state index in [1.165, 1.54) is 35.9 Å². The van der Waals surface area contributed by atoms with Crippen molar-refractivity contribution in [3.63, 3.8) is 0 Å². The average molecular weight is 441 g/mol. The van der Waals surface area contributed by atoms with Crippen molar-refractivity contribution in [1.29, 1.82) is 0 Å². The molecule has 0 saturated heterocycles. The normalized spacial score (nSPS) is 10.7. The third-order valence-corrected chi connectivity index (χ3v) is 4.37. The van der Waals surface area contributed by atoms with Crippen molar-refractivity contribution in [2.75, 3.05) is 11.9 Å². The minimum Gasteiger partial charge on any atom is -0.343 e. The molecule has 2 N–H and O–H groups in total. The van der Waals surface area contributed by atoms with E-state index in [0.717, 1.165) is 6.07 Å². The van der Waals surface area contributed by atoms with Crippen molar-refractivity contribution >= 4 is 29.1 Å². The number of carbonyl (C=O) groups excluding carboxylic acids is 2. The fraction of sp³-hybridized carbons (Fsp3) is 0.105. The van der Waals surface area contributed by atoms with Crippen LogP contribution in [0.25, 0.3) is 5.69 Å². The SMILES string of the molecule is Cc1nn(-c2ccc(F)cc2)c(Cl)c1C(=O)NCC(=O)Nc1ccc(F)c(F)c1F. The topological polar surface area (TPSA) is 76.0 Å². The number of anilines is 1. The Balaban J connectivity index is 1.70. The zero-order valence-corrected chi connectivity index (χ0v) is 16.0. The van der Waals surface area contributed by atoms with Crippen LogP contribution in [0.3, 0.4) is 0 Å². The number of amides is 2. The summed E-state index contributed by atoms with van der Waals surface area (Å²) in [6.45, 7) is 0.909. The summed E-state index contributed by atoms with van der Waals surface area (Å²) in [5, 5.41) is 8.37. The molecule has 11 heteroatoms. The van der Waals surface area contributed by atoms with E-state index in [9.17, 15) is 27.2 Å². The lowest BCUT2D eigenvalue weighted by molar-refractivity contribution is -0.115. The Hall–Kier alpha value is -3.40. The lowest BCUT2D eigenvalue weighted by Crippen LogP contribution is -2.33. The summed E-state index contributed by atoms with van der Waals surface area (Å²) in [6.07, 6.45) is 0. The Morgan fingerprint density at radius 3 is 2.37 bits per heavy atom. The Labute approximate surface area is 172 Å². The van der Waals surface area contributed by atoms with Crippen LogP contribution < -0.4 is 10.6 Å². The number of aryl methyl sites for hydroxylation is 1. The molecule has 0 spiro atoms. The molecule has 30 heavy (non-hydrogen) atoms. The quantitative estimate of drug-likeness (QED) is 0.468. The number of hydrogen-bond acceptors (Lipinski definition) is 3. The number of benzene rings is 2. The summed E-state index contributed by atoms with van der Waals surface area (Å²) in [6, 6.07) is 6.73. The van der Waals surface area contributed by atoms with Gasteiger partial charge in [-0.2, -0.15) is 5.10 Å². The summed E-state index contributed by atoms with van der Waals surface area (Å²) in [7, 11) is 0. The fourth-order valence-electron chi connectivity index (χ4n) is 2.58. The predicted molar refractivity (Wildman–Crippen MR) is 101 cm³/mol. The summed E-state index contributed by atoms with van der Waals surface area (Å²) < 4.78 is 54.1. The molecule has 0 aliphatic carbocycles. The largest absolute Gasteiger partial charge is 0.343 e. The number of aromatic nitrogens is 2. The first-order chi connectivity index (χ1) is 14.2. The van der Waals surface area contributed by atoms with Gasteiger partial charge in [-0.25, -0.2) is 22.2 Å². The Morgan fingerprint density at radius 2 is 1.70 bits per heavy atom. The first-order valence-electron chi connectivity index (χ1n) is 8.41. The third-order valence-electron chi connectivity index (χ3n) is 4.02. The van der Waals surface area contributed by atoms with Crippen molar-refractivity contribution < 1.29 is 27.2 Å². The zero-order valence-electron chi connectivity index (χ0n) is 15.3. The zero-order chi connectivity index (χ0) is 22.0. The van der Waals surface area contributed by atoms with E-state index < -0.39 is 47.3 Å². The molecule has 0 radical (unpaired) electrons. The highest BCUT2D eigenvalue weighted by Crippen LogP contribution is 2.24. The lowest BCUT2D eigenvalue weighted by atomic mass is 10.2. The van der Waals surface area contributed by atoms with Gasteiger partial charge in [-0.05, 0) is 43.3 Å². The molecule has 1 heterocycles. The minimum atomic E-state index is -1.73. The summed E-state index contributed by atoms with van der Waals surface area (Å²) in [5.41, 5.74) is 0.0586. The molecule has 0 bridgehead atoms. The highest BCUT2D eigenvalue weighted by Gasteiger charge is 2.22. The number of carbonyl (C=O) groups is 2. The first-order valence-corrected chi connectivity index (χ1v) is 8.79. The second-order valence-corrected chi connectivity index (χ2v) is 6.45. The van der Waals surface area contributed by atoms with Crippen LogP contribution in [0, 0.1) is 30.2 Å². The Morgan fingerprint density at radius 1 is 1.03 bits per heavy atom. The molecule has 0 atom stereocenters. The maximum atomic E-state index is 13.6. The molecule has 3 rings (SSSR count). The monoisotopic (exact) mass is 440 g/mol. The van der Waals surface area contributed by atoms with E-state index >= 15 is 0 Å². The molecule has 0 aliphatic heterocycles. The van der Waals surface area contributed by atoms with E-state index in [1.54, 1.807) is 0 Å². The van der Waals surface area contributed by atoms with Gasteiger partial charge in [0, 0.05) is 0 Å². The number of nitrogens with one attached hydrogen (secondary N) is 2. The van der Waals surface area contributed by atoms with Crippen LogP contribution >= 0.6 is 11.6 Å². The second kappa shape index (κ2) is 8.54. The molecule has 0 fully saturated rings. The lowest BCUT2D eigenvalue weighted by Gasteiger charge is -2.08. The second-order valence-electron chi connectivity index (χ2n) is 6.09. The van der Waals surface area contributed by atoms with Gasteiger partial charge in [0.25, 0.3) is 5.91 Å². The van der Waals surface area contributed by atoms with Crippen LogP contribution in [0.2, 0.25) is 5.15 Å². The standard InChI is InChI=1S/C19H13ClF4N4O2/c1-9-15(18(20)28(27-9)11-4-2-10(21)3-5-11)19(30)25-8-14(29)26-13-7-6-12(22)16(23)17(13)24/h2-7H,8H2,1H3,(H,25,30)(H,26,29). The third kappa shape index (κ3) is 4.28. The Kier molecular flexibility index (Phi) is 6.06. The number of hydrogen-bond donors (Lipinski definition) is 2. The van der Waals surface area contributed by atoms with Gasteiger partial charge in [0.05, 0.1) is 29.2 Å². The summed E-state index contributed by atoms with van der Waals surface area (Å²) in [5.74, 6) is -6.77. The van der Waals surface area contributed by atoms with Crippen molar-refractivity contribution in [2.45, 2.75) is 6.92 Å². The molecular weight excluding hydrogens is 428 g/mol. The molecule has 0 aliphatic rings. The highest BCUT2D eigenvalue weighted by atomic mass is 35.5. The first kappa shape index (κ1) is 21.3. The summed E-state index contributed by atoms with van der Waals surface area (Å²) in [4.78, 5) is 24.4. The fourth-order valence-corrected chi connectivity index (χ4v) is 2.93. The molecule has 3 aromatic rings. The number of halogens is 5. The highest BCUT2D eigenvalue weighted by molar-refractivity contribution is 6.33. The van der Waals surface area contributed by atoms with Gasteiger partial charge in [-0.1, -0.05) is 11.6 Å². The molecular formula is C19H13ClF4N4O2. The average Bonchev–Trinajstić information content (AvgIpc) is 3.01. The van der Waals surface area contributed by atoms with Crippen LogP contribution in [-0.2, 0) is 4.79 Å². The van der Waals surface area contributed by atoms with Crippen LogP contribution in [0.1, 0.15) is 16.1 Å². The van der Waals surface area contributed by atoms with Gasteiger partial charge in [0.1, 0.15) is 11.0 Å². The van der Waals surface area contributed by atoms with Crippen molar-refractivity contribution in [3.8, 4) is 5.69 Å². The predicted octanol–water partition coefficient (Wildman–Crippen LogP) is 3.76. The molecule has 1 aromatic heterocycles. The van der Waals surface area contributed by atoms with Crippen molar-refractivity contribution in [1.82, 2.24) is 15.1 Å². The smallest absolute Gasteiger partial charge is 0.256 e. The molecule has 6 nitrogen and oxygen atoms in total. The van der Waals surface area contributed by atoms with Gasteiger partial charge in [0.15, 0.2) is 17.5 Å². The van der Waals surface area contributed by atoms with E-state index in [2.05, 4.69) is 10.4 Å². The van der Waals surface area contributed by atoms with Gasteiger partial charge < -0.3 is 10.6 Å². The molecule has 2 aromatic carbocycles. The van der Waals surface area contributed by atoms with Crippen molar-refractivity contribution in [2.24, 2.45) is 0 Å². The van der Waals surface area contributed by atoms with E-state index in [-0.39, 0.29) is 16.4 Å². The Bertz CT molecular complexity index is 1130. The van der Waals surface area contributed by atoms with Crippen LogP contribution in [0.4, 0.5) is 23.2 Å². The molecule has 0 saturated carbocycles. The minimum absolute atomic E-state index is 0.0206. The van der Waals surface area contributed by atoms with E-state index in [4.69, 9.17) is 11.6 Å². The van der Waals surface area contributed by atoms with Crippen LogP contribution in [0.15, 0.2) is 36.4 Å². The number of nitrogens with zero attached hydrogens (tertiary/aromatic N) is 2. The molecule has 0 unspecified atom stereocenters. The van der Waals surface area contributed by atoms with Crippen molar-refractivity contribution in [3.05, 3.63) is 76.1 Å². The van der Waals surface area contributed by atoms with Crippen LogP contribution in [-0.4, -0.2) is 28.1 Å². The maximum absolute atomic E-state index is 13.6. The van der Waals surface area contributed by atoms with E-state index in [1.807, 2.05) is 5.32 Å². The van der Waals surface area contributed by atoms with Crippen LogP contribution in [0.5, 0.6) is 0 Å². The van der Waals surface area contributed by atoms with Gasteiger partial charge in [0.2, 0.25) is 5.91 Å². The number of rotatable bonds is 5.